The normalized spacial score (nSPS) is 13.6. The smallest absolute Gasteiger partial charge is 0.132 e. The van der Waals surface area contributed by atoms with Crippen LogP contribution in [0.4, 0.5) is 0 Å². The van der Waals surface area contributed by atoms with Crippen LogP contribution < -0.4 is 4.74 Å². The monoisotopic (exact) mass is 562 g/mol. The molecule has 1 aliphatic heterocycles. The van der Waals surface area contributed by atoms with Gasteiger partial charge in [0.25, 0.3) is 0 Å². The summed E-state index contributed by atoms with van der Waals surface area (Å²) in [5.74, 6) is 1.85. The Morgan fingerprint density at radius 1 is 0.409 bits per heavy atom. The maximum Gasteiger partial charge on any atom is 0.132 e. The summed E-state index contributed by atoms with van der Waals surface area (Å²) in [5.41, 5.74) is 14.8. The zero-order valence-electron chi connectivity index (χ0n) is 24.8. The third-order valence-corrected chi connectivity index (χ3v) is 9.82. The van der Waals surface area contributed by atoms with Crippen LogP contribution in [0, 0.1) is 13.8 Å². The second kappa shape index (κ2) is 9.30. The fraction of sp³-hybridized carbons (Fsp3) is 0.0698. The van der Waals surface area contributed by atoms with Crippen molar-refractivity contribution in [1.82, 2.24) is 0 Å². The van der Waals surface area contributed by atoms with Gasteiger partial charge >= 0.3 is 0 Å². The van der Waals surface area contributed by atoms with Crippen LogP contribution >= 0.6 is 0 Å². The molecule has 0 unspecified atom stereocenters. The van der Waals surface area contributed by atoms with E-state index in [1.165, 1.54) is 77.5 Å². The number of hydrogen-bond donors (Lipinski definition) is 0. The summed E-state index contributed by atoms with van der Waals surface area (Å²) in [6.07, 6.45) is 0. The number of ether oxygens (including phenoxy) is 1. The Hall–Kier alpha value is -5.40. The first-order valence-electron chi connectivity index (χ1n) is 15.4. The molecule has 0 amide bonds. The maximum absolute atomic E-state index is 6.52. The van der Waals surface area contributed by atoms with Gasteiger partial charge in [-0.25, -0.2) is 0 Å². The van der Waals surface area contributed by atoms with Crippen molar-refractivity contribution in [2.75, 3.05) is 0 Å². The van der Waals surface area contributed by atoms with Gasteiger partial charge in [-0.05, 0) is 105 Å². The van der Waals surface area contributed by atoms with E-state index in [9.17, 15) is 0 Å². The summed E-state index contributed by atoms with van der Waals surface area (Å²) in [5, 5.41) is 2.54. The highest BCUT2D eigenvalue weighted by atomic mass is 16.5. The summed E-state index contributed by atoms with van der Waals surface area (Å²) < 4.78 is 6.52. The van der Waals surface area contributed by atoms with Crippen LogP contribution in [0.25, 0.3) is 44.2 Å². The highest BCUT2D eigenvalue weighted by Gasteiger charge is 2.51. The lowest BCUT2D eigenvalue weighted by Gasteiger charge is -2.39. The second-order valence-corrected chi connectivity index (χ2v) is 12.2. The van der Waals surface area contributed by atoms with Crippen LogP contribution in [0.5, 0.6) is 11.5 Å². The summed E-state index contributed by atoms with van der Waals surface area (Å²) in [4.78, 5) is 0. The van der Waals surface area contributed by atoms with Gasteiger partial charge in [-0.15, -0.1) is 0 Å². The average Bonchev–Trinajstić information content (AvgIpc) is 3.34. The van der Waals surface area contributed by atoms with E-state index in [1.807, 2.05) is 0 Å². The third-order valence-electron chi connectivity index (χ3n) is 9.82. The Balaban J connectivity index is 1.31. The number of hydrogen-bond acceptors (Lipinski definition) is 1. The molecule has 0 fully saturated rings. The zero-order valence-corrected chi connectivity index (χ0v) is 24.8. The topological polar surface area (TPSA) is 9.23 Å². The molecule has 0 radical (unpaired) electrons. The molecular formula is C43H30O. The number of fused-ring (bicyclic) bond motifs is 10. The predicted molar refractivity (Wildman–Crippen MR) is 182 cm³/mol. The Kier molecular flexibility index (Phi) is 5.31. The van der Waals surface area contributed by atoms with Gasteiger partial charge in [-0.2, -0.15) is 0 Å². The van der Waals surface area contributed by atoms with Crippen LogP contribution in [-0.2, 0) is 5.41 Å². The number of para-hydroxylation sites is 2. The molecule has 9 rings (SSSR count). The summed E-state index contributed by atoms with van der Waals surface area (Å²) >= 11 is 0. The maximum atomic E-state index is 6.52. The summed E-state index contributed by atoms with van der Waals surface area (Å²) in [6, 6.07) is 53.2. The summed E-state index contributed by atoms with van der Waals surface area (Å²) in [6.45, 7) is 4.50. The van der Waals surface area contributed by atoms with E-state index < -0.39 is 5.41 Å². The van der Waals surface area contributed by atoms with Crippen LogP contribution in [0.15, 0.2) is 146 Å². The SMILES string of the molecule is Cc1ccc(-c2cccc3ccccc23)cc1-c1cc2c(cc1C)C1(c3ccccc3Oc3ccccc31)c1ccccc1-2. The Bertz CT molecular complexity index is 2240. The quantitative estimate of drug-likeness (QED) is 0.204. The van der Waals surface area contributed by atoms with Crippen molar-refractivity contribution in [3.8, 4) is 44.9 Å². The Morgan fingerprint density at radius 2 is 1.02 bits per heavy atom. The van der Waals surface area contributed by atoms with E-state index in [1.54, 1.807) is 0 Å². The van der Waals surface area contributed by atoms with Gasteiger partial charge in [-0.3, -0.25) is 0 Å². The largest absolute Gasteiger partial charge is 0.457 e. The predicted octanol–water partition coefficient (Wildman–Crippen LogP) is 11.3. The first kappa shape index (κ1) is 25.1. The molecule has 7 aromatic carbocycles. The molecule has 1 heterocycles. The standard InChI is InChI=1S/C43H30O/c1-27-22-23-30(32-16-11-13-29-12-3-4-14-31(29)32)25-34(27)35-26-36-33-15-5-6-17-37(33)43(40(36)24-28(35)2)38-18-7-9-20-41(38)44-42-21-10-8-19-39(42)43/h3-26H,1-2H3. The van der Waals surface area contributed by atoms with E-state index >= 15 is 0 Å². The first-order valence-corrected chi connectivity index (χ1v) is 15.4. The van der Waals surface area contributed by atoms with Crippen LogP contribution in [0.3, 0.4) is 0 Å². The van der Waals surface area contributed by atoms with E-state index in [0.717, 1.165) is 11.5 Å². The lowest BCUT2D eigenvalue weighted by molar-refractivity contribution is 0.436. The van der Waals surface area contributed by atoms with Gasteiger partial charge in [0.2, 0.25) is 0 Å². The molecule has 1 heteroatoms. The second-order valence-electron chi connectivity index (χ2n) is 12.2. The van der Waals surface area contributed by atoms with E-state index in [2.05, 4.69) is 159 Å². The van der Waals surface area contributed by atoms with Gasteiger partial charge in [0.1, 0.15) is 11.5 Å². The highest BCUT2D eigenvalue weighted by Crippen LogP contribution is 2.62. The first-order chi connectivity index (χ1) is 21.6. The van der Waals surface area contributed by atoms with Crippen molar-refractivity contribution in [3.63, 3.8) is 0 Å². The molecule has 0 atom stereocenters. The van der Waals surface area contributed by atoms with Crippen molar-refractivity contribution in [3.05, 3.63) is 179 Å². The molecule has 0 saturated carbocycles. The van der Waals surface area contributed by atoms with Crippen molar-refractivity contribution in [1.29, 1.82) is 0 Å². The molecule has 0 bridgehead atoms. The lowest BCUT2D eigenvalue weighted by atomic mass is 9.66. The lowest BCUT2D eigenvalue weighted by Crippen LogP contribution is -2.32. The molecule has 2 aliphatic rings. The fourth-order valence-electron chi connectivity index (χ4n) is 7.85. The average molecular weight is 563 g/mol. The third kappa shape index (κ3) is 3.35. The summed E-state index contributed by atoms with van der Waals surface area (Å²) in [7, 11) is 0. The molecule has 0 N–H and O–H groups in total. The van der Waals surface area contributed by atoms with Crippen molar-refractivity contribution in [2.24, 2.45) is 0 Å². The van der Waals surface area contributed by atoms with Crippen molar-refractivity contribution < 1.29 is 4.74 Å². The Morgan fingerprint density at radius 3 is 1.82 bits per heavy atom. The minimum Gasteiger partial charge on any atom is -0.457 e. The molecular weight excluding hydrogens is 532 g/mol. The molecule has 1 spiro atoms. The van der Waals surface area contributed by atoms with Gasteiger partial charge in [0.15, 0.2) is 0 Å². The van der Waals surface area contributed by atoms with Gasteiger partial charge < -0.3 is 4.74 Å². The van der Waals surface area contributed by atoms with Crippen molar-refractivity contribution >= 4 is 10.8 Å². The van der Waals surface area contributed by atoms with Gasteiger partial charge in [-0.1, -0.05) is 121 Å². The zero-order chi connectivity index (χ0) is 29.4. The molecule has 7 aromatic rings. The Labute approximate surface area is 258 Å². The van der Waals surface area contributed by atoms with E-state index in [4.69, 9.17) is 4.74 Å². The minimum absolute atomic E-state index is 0.444. The van der Waals surface area contributed by atoms with Crippen LogP contribution in [0.1, 0.15) is 33.4 Å². The molecule has 208 valence electrons. The number of aryl methyl sites for hydroxylation is 2. The fourth-order valence-corrected chi connectivity index (χ4v) is 7.85. The van der Waals surface area contributed by atoms with E-state index in [-0.39, 0.29) is 0 Å². The molecule has 0 aromatic heterocycles. The number of rotatable bonds is 2. The molecule has 44 heavy (non-hydrogen) atoms. The highest BCUT2D eigenvalue weighted by molar-refractivity contribution is 5.98. The molecule has 1 aliphatic carbocycles. The van der Waals surface area contributed by atoms with Crippen LogP contribution in [-0.4, -0.2) is 0 Å². The molecule has 0 saturated heterocycles. The molecule has 1 nitrogen and oxygen atoms in total. The minimum atomic E-state index is -0.444. The van der Waals surface area contributed by atoms with Crippen molar-refractivity contribution in [2.45, 2.75) is 19.3 Å². The number of benzene rings is 7. The van der Waals surface area contributed by atoms with E-state index in [0.29, 0.717) is 0 Å². The van der Waals surface area contributed by atoms with Gasteiger partial charge in [0.05, 0.1) is 5.41 Å². The van der Waals surface area contributed by atoms with Crippen LogP contribution in [0.2, 0.25) is 0 Å². The van der Waals surface area contributed by atoms with Gasteiger partial charge in [0, 0.05) is 11.1 Å².